The average molecular weight is 298 g/mol. The molecule has 2 rings (SSSR count). The summed E-state index contributed by atoms with van der Waals surface area (Å²) in [5.74, 6) is 0. The van der Waals surface area contributed by atoms with E-state index < -0.39 is 6.10 Å². The van der Waals surface area contributed by atoms with Crippen molar-refractivity contribution in [3.05, 3.63) is 52.5 Å². The van der Waals surface area contributed by atoms with E-state index in [0.717, 1.165) is 5.56 Å². The topological polar surface area (TPSA) is 50.9 Å². The van der Waals surface area contributed by atoms with Crippen molar-refractivity contribution in [2.75, 3.05) is 0 Å². The molecule has 1 heterocycles. The molecule has 0 radical (unpaired) electrons. The third kappa shape index (κ3) is 3.56. The van der Waals surface area contributed by atoms with Crippen LogP contribution in [0, 0.1) is 0 Å². The van der Waals surface area contributed by atoms with E-state index in [2.05, 4.69) is 10.1 Å². The lowest BCUT2D eigenvalue weighted by molar-refractivity contribution is 0.159. The smallest absolute Gasteiger partial charge is 0.137 e. The molecule has 0 bridgehead atoms. The van der Waals surface area contributed by atoms with Crippen LogP contribution in [0.25, 0.3) is 6.08 Å². The van der Waals surface area contributed by atoms with Gasteiger partial charge in [0.25, 0.3) is 0 Å². The summed E-state index contributed by atoms with van der Waals surface area (Å²) in [6, 6.07) is 5.01. The number of aliphatic hydroxyl groups excluding tert-OH is 1. The van der Waals surface area contributed by atoms with E-state index in [-0.39, 0.29) is 6.04 Å². The maximum atomic E-state index is 10.1. The standard InChI is InChI=1S/C13H13Cl2N3O/c1-9(18-8-16-7-17-18)13(19)5-3-10-2-4-11(14)6-12(10)15/h2-9,13,19H,1H3. The Morgan fingerprint density at radius 2 is 2.16 bits per heavy atom. The minimum Gasteiger partial charge on any atom is -0.387 e. The second kappa shape index (κ2) is 6.19. The van der Waals surface area contributed by atoms with Crippen LogP contribution in [-0.4, -0.2) is 26.0 Å². The summed E-state index contributed by atoms with van der Waals surface area (Å²) >= 11 is 11.9. The SMILES string of the molecule is CC(C(O)C=Cc1ccc(Cl)cc1Cl)n1cncn1. The molecule has 0 aliphatic carbocycles. The van der Waals surface area contributed by atoms with E-state index in [0.29, 0.717) is 10.0 Å². The molecule has 4 nitrogen and oxygen atoms in total. The number of aromatic nitrogens is 3. The second-order valence-electron chi connectivity index (χ2n) is 4.13. The van der Waals surface area contributed by atoms with Gasteiger partial charge in [-0.05, 0) is 24.6 Å². The molecule has 0 aliphatic heterocycles. The van der Waals surface area contributed by atoms with E-state index in [4.69, 9.17) is 23.2 Å². The molecule has 0 spiro atoms. The normalized spacial score (nSPS) is 14.7. The Balaban J connectivity index is 2.09. The zero-order valence-electron chi connectivity index (χ0n) is 10.2. The van der Waals surface area contributed by atoms with Gasteiger partial charge < -0.3 is 5.11 Å². The zero-order chi connectivity index (χ0) is 13.8. The molecule has 0 saturated heterocycles. The average Bonchev–Trinajstić information content (AvgIpc) is 2.90. The fourth-order valence-electron chi connectivity index (χ4n) is 1.58. The van der Waals surface area contributed by atoms with Gasteiger partial charge in [0.2, 0.25) is 0 Å². The maximum Gasteiger partial charge on any atom is 0.137 e. The molecule has 0 amide bonds. The first-order chi connectivity index (χ1) is 9.08. The van der Waals surface area contributed by atoms with Crippen molar-refractivity contribution in [1.82, 2.24) is 14.8 Å². The fraction of sp³-hybridized carbons (Fsp3) is 0.231. The molecule has 0 aliphatic rings. The van der Waals surface area contributed by atoms with Crippen LogP contribution in [0.5, 0.6) is 0 Å². The molecule has 0 fully saturated rings. The van der Waals surface area contributed by atoms with Crippen molar-refractivity contribution in [2.45, 2.75) is 19.1 Å². The number of halogens is 2. The summed E-state index contributed by atoms with van der Waals surface area (Å²) in [5, 5.41) is 15.2. The fourth-order valence-corrected chi connectivity index (χ4v) is 2.06. The minimum atomic E-state index is -0.687. The van der Waals surface area contributed by atoms with Crippen LogP contribution < -0.4 is 0 Å². The molecular formula is C13H13Cl2N3O. The van der Waals surface area contributed by atoms with Crippen LogP contribution in [0.2, 0.25) is 10.0 Å². The van der Waals surface area contributed by atoms with Crippen molar-refractivity contribution < 1.29 is 5.11 Å². The van der Waals surface area contributed by atoms with E-state index in [9.17, 15) is 5.11 Å². The van der Waals surface area contributed by atoms with Gasteiger partial charge in [0.1, 0.15) is 12.7 Å². The Morgan fingerprint density at radius 3 is 2.79 bits per heavy atom. The lowest BCUT2D eigenvalue weighted by Gasteiger charge is -2.15. The predicted octanol–water partition coefficient (Wildman–Crippen LogP) is 3.22. The Hall–Kier alpha value is -1.36. The highest BCUT2D eigenvalue weighted by Gasteiger charge is 2.13. The number of hydrogen-bond donors (Lipinski definition) is 1. The molecular weight excluding hydrogens is 285 g/mol. The van der Waals surface area contributed by atoms with Crippen molar-refractivity contribution in [3.63, 3.8) is 0 Å². The first-order valence-electron chi connectivity index (χ1n) is 5.73. The monoisotopic (exact) mass is 297 g/mol. The van der Waals surface area contributed by atoms with Crippen LogP contribution in [0.3, 0.4) is 0 Å². The van der Waals surface area contributed by atoms with Crippen molar-refractivity contribution >= 4 is 29.3 Å². The number of rotatable bonds is 4. The highest BCUT2D eigenvalue weighted by molar-refractivity contribution is 6.35. The molecule has 1 aromatic heterocycles. The van der Waals surface area contributed by atoms with Gasteiger partial charge >= 0.3 is 0 Å². The van der Waals surface area contributed by atoms with Crippen LogP contribution in [-0.2, 0) is 0 Å². The van der Waals surface area contributed by atoms with Crippen molar-refractivity contribution in [3.8, 4) is 0 Å². The summed E-state index contributed by atoms with van der Waals surface area (Å²) in [4.78, 5) is 3.85. The predicted molar refractivity (Wildman–Crippen MR) is 76.2 cm³/mol. The highest BCUT2D eigenvalue weighted by atomic mass is 35.5. The summed E-state index contributed by atoms with van der Waals surface area (Å²) in [6.07, 6.45) is 5.74. The maximum absolute atomic E-state index is 10.1. The van der Waals surface area contributed by atoms with Gasteiger partial charge in [-0.3, -0.25) is 0 Å². The largest absolute Gasteiger partial charge is 0.387 e. The molecule has 1 aromatic carbocycles. The van der Waals surface area contributed by atoms with Gasteiger partial charge in [-0.25, -0.2) is 9.67 Å². The highest BCUT2D eigenvalue weighted by Crippen LogP contribution is 2.22. The third-order valence-corrected chi connectivity index (χ3v) is 3.35. The molecule has 100 valence electrons. The summed E-state index contributed by atoms with van der Waals surface area (Å²) in [7, 11) is 0. The van der Waals surface area contributed by atoms with Gasteiger partial charge in [-0.2, -0.15) is 5.10 Å². The first-order valence-corrected chi connectivity index (χ1v) is 6.49. The van der Waals surface area contributed by atoms with E-state index in [1.165, 1.54) is 6.33 Å². The Labute approximate surface area is 121 Å². The molecule has 0 saturated carbocycles. The molecule has 2 unspecified atom stereocenters. The van der Waals surface area contributed by atoms with Crippen molar-refractivity contribution in [1.29, 1.82) is 0 Å². The number of aliphatic hydroxyl groups is 1. The lowest BCUT2D eigenvalue weighted by Crippen LogP contribution is -2.19. The van der Waals surface area contributed by atoms with Crippen LogP contribution in [0.4, 0.5) is 0 Å². The molecule has 19 heavy (non-hydrogen) atoms. The molecule has 2 aromatic rings. The van der Waals surface area contributed by atoms with Crippen LogP contribution >= 0.6 is 23.2 Å². The van der Waals surface area contributed by atoms with Gasteiger partial charge in [0.15, 0.2) is 0 Å². The Kier molecular flexibility index (Phi) is 4.58. The minimum absolute atomic E-state index is 0.204. The molecule has 1 N–H and O–H groups in total. The van der Waals surface area contributed by atoms with E-state index in [1.807, 2.05) is 6.92 Å². The lowest BCUT2D eigenvalue weighted by atomic mass is 10.1. The van der Waals surface area contributed by atoms with Gasteiger partial charge in [0.05, 0.1) is 12.1 Å². The number of benzene rings is 1. The van der Waals surface area contributed by atoms with Crippen molar-refractivity contribution in [2.24, 2.45) is 0 Å². The summed E-state index contributed by atoms with van der Waals surface area (Å²) in [6.45, 7) is 1.85. The third-order valence-electron chi connectivity index (χ3n) is 2.78. The van der Waals surface area contributed by atoms with E-state index >= 15 is 0 Å². The van der Waals surface area contributed by atoms with Crippen LogP contribution in [0.1, 0.15) is 18.5 Å². The summed E-state index contributed by atoms with van der Waals surface area (Å²) in [5.41, 5.74) is 0.802. The van der Waals surface area contributed by atoms with E-state index in [1.54, 1.807) is 41.4 Å². The van der Waals surface area contributed by atoms with Crippen LogP contribution in [0.15, 0.2) is 36.9 Å². The molecule has 2 atom stereocenters. The Bertz CT molecular complexity index is 569. The molecule has 6 heteroatoms. The number of nitrogens with zero attached hydrogens (tertiary/aromatic N) is 3. The first kappa shape index (κ1) is 14.1. The zero-order valence-corrected chi connectivity index (χ0v) is 11.8. The van der Waals surface area contributed by atoms with Gasteiger partial charge in [0, 0.05) is 10.0 Å². The quantitative estimate of drug-likeness (QED) is 0.943. The Morgan fingerprint density at radius 1 is 1.37 bits per heavy atom. The second-order valence-corrected chi connectivity index (χ2v) is 4.98. The number of hydrogen-bond acceptors (Lipinski definition) is 3. The van der Waals surface area contributed by atoms with Gasteiger partial charge in [-0.15, -0.1) is 0 Å². The summed E-state index contributed by atoms with van der Waals surface area (Å²) < 4.78 is 1.60. The van der Waals surface area contributed by atoms with Gasteiger partial charge in [-0.1, -0.05) is 41.4 Å².